The van der Waals surface area contributed by atoms with Crippen LogP contribution in [0.15, 0.2) is 42.6 Å². The summed E-state index contributed by atoms with van der Waals surface area (Å²) in [5, 5.41) is 2.37. The fraction of sp³-hybridized carbons (Fsp3) is 0.400. The number of aromatic nitrogens is 4. The first kappa shape index (κ1) is 24.0. The Kier molecular flexibility index (Phi) is 5.83. The highest BCUT2D eigenvalue weighted by Gasteiger charge is 2.25. The van der Waals surface area contributed by atoms with Gasteiger partial charge in [0.15, 0.2) is 12.0 Å². The number of hydrogen-bond donors (Lipinski definition) is 0. The van der Waals surface area contributed by atoms with E-state index in [1.807, 2.05) is 0 Å². The van der Waals surface area contributed by atoms with E-state index >= 15 is 0 Å². The highest BCUT2D eigenvalue weighted by molar-refractivity contribution is 5.87. The van der Waals surface area contributed by atoms with Crippen molar-refractivity contribution in [2.75, 3.05) is 0 Å². The molecule has 0 saturated carbocycles. The van der Waals surface area contributed by atoms with Crippen LogP contribution in [0.3, 0.4) is 0 Å². The van der Waals surface area contributed by atoms with Gasteiger partial charge in [-0.15, -0.1) is 0 Å². The lowest BCUT2D eigenvalue weighted by atomic mass is 9.93. The highest BCUT2D eigenvalue weighted by atomic mass is 15.1. The Morgan fingerprint density at radius 1 is 0.706 bits per heavy atom. The number of aryl methyl sites for hydroxylation is 3. The average Bonchev–Trinajstić information content (AvgIpc) is 2.74. The minimum Gasteiger partial charge on any atom is -0.217 e. The van der Waals surface area contributed by atoms with E-state index in [-0.39, 0.29) is 10.8 Å². The molecule has 0 amide bonds. The first-order valence-corrected chi connectivity index (χ1v) is 12.0. The summed E-state index contributed by atoms with van der Waals surface area (Å²) in [7, 11) is 2.12. The second-order valence-corrected chi connectivity index (χ2v) is 11.7. The quantitative estimate of drug-likeness (QED) is 0.317. The van der Waals surface area contributed by atoms with Gasteiger partial charge in [-0.1, -0.05) is 65.3 Å². The van der Waals surface area contributed by atoms with Gasteiger partial charge >= 0.3 is 0 Å². The highest BCUT2D eigenvalue weighted by Crippen LogP contribution is 2.30. The molecule has 0 N–H and O–H groups in total. The number of rotatable bonds is 2. The molecule has 0 spiro atoms. The molecule has 2 heterocycles. The topological polar surface area (TPSA) is 42.6 Å². The van der Waals surface area contributed by atoms with Crippen molar-refractivity contribution in [2.45, 2.75) is 73.1 Å². The van der Waals surface area contributed by atoms with Crippen LogP contribution in [0.25, 0.3) is 33.4 Å². The Balaban J connectivity index is 1.87. The Bertz CT molecular complexity index is 1370. The van der Waals surface area contributed by atoms with E-state index in [0.29, 0.717) is 0 Å². The molecule has 4 rings (SSSR count). The molecular formula is C30H37N4+. The van der Waals surface area contributed by atoms with Crippen molar-refractivity contribution in [3.63, 3.8) is 0 Å². The Morgan fingerprint density at radius 3 is 1.91 bits per heavy atom. The molecule has 0 fully saturated rings. The molecule has 176 valence electrons. The molecule has 4 aromatic rings. The van der Waals surface area contributed by atoms with E-state index < -0.39 is 0 Å². The summed E-state index contributed by atoms with van der Waals surface area (Å²) in [6.45, 7) is 19.4. The molecule has 4 nitrogen and oxygen atoms in total. The van der Waals surface area contributed by atoms with Gasteiger partial charge in [-0.3, -0.25) is 0 Å². The van der Waals surface area contributed by atoms with Gasteiger partial charge in [-0.25, -0.2) is 19.5 Å². The van der Waals surface area contributed by atoms with Crippen molar-refractivity contribution in [3.8, 4) is 22.6 Å². The van der Waals surface area contributed by atoms with Gasteiger partial charge in [0.2, 0.25) is 5.69 Å². The fourth-order valence-corrected chi connectivity index (χ4v) is 4.23. The zero-order valence-corrected chi connectivity index (χ0v) is 22.3. The summed E-state index contributed by atoms with van der Waals surface area (Å²) >= 11 is 0. The predicted octanol–water partition coefficient (Wildman–Crippen LogP) is 6.70. The fourth-order valence-electron chi connectivity index (χ4n) is 4.23. The zero-order valence-electron chi connectivity index (χ0n) is 22.3. The van der Waals surface area contributed by atoms with Gasteiger partial charge in [0.25, 0.3) is 0 Å². The number of hydrogen-bond acceptors (Lipinski definition) is 3. The van der Waals surface area contributed by atoms with E-state index in [1.54, 1.807) is 0 Å². The summed E-state index contributed by atoms with van der Waals surface area (Å²) in [4.78, 5) is 14.6. The molecule has 0 aliphatic carbocycles. The van der Waals surface area contributed by atoms with Gasteiger partial charge in [0.05, 0.1) is 0 Å². The van der Waals surface area contributed by atoms with Crippen LogP contribution in [-0.4, -0.2) is 15.0 Å². The Hall–Kier alpha value is -3.14. The SMILES string of the molecule is Cc1cc(C)c(C)c(-c2cc3ccc(-c4nc(C(C)(C)C)nc(C(C)(C)C)n4)cc3c[n+]2C)c1. The second kappa shape index (κ2) is 8.26. The molecule has 0 bridgehead atoms. The summed E-state index contributed by atoms with van der Waals surface area (Å²) in [5.41, 5.74) is 7.15. The Morgan fingerprint density at radius 2 is 1.32 bits per heavy atom. The molecule has 0 aliphatic rings. The largest absolute Gasteiger partial charge is 0.217 e. The van der Waals surface area contributed by atoms with Crippen molar-refractivity contribution in [1.82, 2.24) is 15.0 Å². The maximum absolute atomic E-state index is 4.88. The predicted molar refractivity (Wildman–Crippen MR) is 141 cm³/mol. The summed E-state index contributed by atoms with van der Waals surface area (Å²) in [6.07, 6.45) is 2.21. The van der Waals surface area contributed by atoms with Crippen molar-refractivity contribution < 1.29 is 4.57 Å². The maximum Gasteiger partial charge on any atom is 0.213 e. The number of fused-ring (bicyclic) bond motifs is 1. The van der Waals surface area contributed by atoms with E-state index in [9.17, 15) is 0 Å². The molecule has 0 radical (unpaired) electrons. The number of pyridine rings is 1. The molecule has 0 aliphatic heterocycles. The van der Waals surface area contributed by atoms with Crippen LogP contribution >= 0.6 is 0 Å². The van der Waals surface area contributed by atoms with E-state index in [4.69, 9.17) is 15.0 Å². The first-order chi connectivity index (χ1) is 15.7. The second-order valence-electron chi connectivity index (χ2n) is 11.7. The van der Waals surface area contributed by atoms with Gasteiger partial charge in [0.1, 0.15) is 18.7 Å². The van der Waals surface area contributed by atoms with E-state index in [1.165, 1.54) is 38.7 Å². The van der Waals surface area contributed by atoms with Crippen LogP contribution in [-0.2, 0) is 17.9 Å². The molecule has 0 unspecified atom stereocenters. The lowest BCUT2D eigenvalue weighted by Crippen LogP contribution is -2.30. The number of benzene rings is 2. The van der Waals surface area contributed by atoms with Crippen LogP contribution < -0.4 is 4.57 Å². The molecular weight excluding hydrogens is 416 g/mol. The van der Waals surface area contributed by atoms with Gasteiger partial charge < -0.3 is 0 Å². The van der Waals surface area contributed by atoms with Crippen LogP contribution in [0.4, 0.5) is 0 Å². The minimum atomic E-state index is -0.153. The molecule has 0 atom stereocenters. The van der Waals surface area contributed by atoms with Crippen molar-refractivity contribution >= 4 is 10.8 Å². The van der Waals surface area contributed by atoms with E-state index in [0.717, 1.165) is 23.0 Å². The average molecular weight is 454 g/mol. The van der Waals surface area contributed by atoms with Crippen LogP contribution in [0.2, 0.25) is 0 Å². The third-order valence-corrected chi connectivity index (χ3v) is 6.41. The standard InChI is InChI=1S/C30H37N4/c1-18-13-19(2)20(3)24(14-18)25-16-21-11-12-22(15-23(21)17-34(25)10)26-31-27(29(4,5)6)33-28(32-26)30(7,8)9/h11-17H,1-10H3/q+1. The smallest absolute Gasteiger partial charge is 0.213 e. The monoisotopic (exact) mass is 453 g/mol. The summed E-state index contributed by atoms with van der Waals surface area (Å²) in [5.74, 6) is 2.39. The third kappa shape index (κ3) is 4.59. The first-order valence-electron chi connectivity index (χ1n) is 12.0. The van der Waals surface area contributed by atoms with Crippen molar-refractivity contribution in [3.05, 3.63) is 70.9 Å². The normalized spacial score (nSPS) is 12.4. The molecule has 4 heteroatoms. The van der Waals surface area contributed by atoms with Crippen LogP contribution in [0, 0.1) is 20.8 Å². The van der Waals surface area contributed by atoms with Gasteiger partial charge in [-0.2, -0.15) is 0 Å². The minimum absolute atomic E-state index is 0.153. The van der Waals surface area contributed by atoms with E-state index in [2.05, 4.69) is 117 Å². The van der Waals surface area contributed by atoms with Crippen LogP contribution in [0.5, 0.6) is 0 Å². The molecule has 0 saturated heterocycles. The molecule has 34 heavy (non-hydrogen) atoms. The molecule has 2 aromatic carbocycles. The third-order valence-electron chi connectivity index (χ3n) is 6.41. The van der Waals surface area contributed by atoms with Crippen molar-refractivity contribution in [2.24, 2.45) is 7.05 Å². The van der Waals surface area contributed by atoms with Gasteiger partial charge in [0, 0.05) is 33.4 Å². The number of nitrogens with zero attached hydrogens (tertiary/aromatic N) is 4. The lowest BCUT2D eigenvalue weighted by molar-refractivity contribution is -0.659. The van der Waals surface area contributed by atoms with Gasteiger partial charge in [-0.05, 0) is 49.4 Å². The zero-order chi connectivity index (χ0) is 25.0. The summed E-state index contributed by atoms with van der Waals surface area (Å²) in [6, 6.07) is 13.3. The summed E-state index contributed by atoms with van der Waals surface area (Å²) < 4.78 is 2.22. The maximum atomic E-state index is 4.88. The molecule has 2 aromatic heterocycles. The van der Waals surface area contributed by atoms with Crippen LogP contribution in [0.1, 0.15) is 69.9 Å². The lowest BCUT2D eigenvalue weighted by Gasteiger charge is -2.22. The van der Waals surface area contributed by atoms with Crippen molar-refractivity contribution in [1.29, 1.82) is 0 Å². The Labute approximate surface area is 204 Å².